The molecule has 0 atom stereocenters. The molecule has 0 aliphatic carbocycles. The predicted molar refractivity (Wildman–Crippen MR) is 150 cm³/mol. The van der Waals surface area contributed by atoms with Gasteiger partial charge in [0.15, 0.2) is 16.7 Å². The van der Waals surface area contributed by atoms with Crippen LogP contribution in [0.15, 0.2) is 75.5 Å². The van der Waals surface area contributed by atoms with Gasteiger partial charge in [0.25, 0.3) is 11.6 Å². The Morgan fingerprint density at radius 3 is 2.34 bits per heavy atom. The first-order valence-corrected chi connectivity index (χ1v) is 13.9. The maximum absolute atomic E-state index is 12.8. The number of aliphatic imine (C=N–C) groups is 1. The zero-order valence-corrected chi connectivity index (χ0v) is 23.5. The molecule has 1 N–H and O–H groups in total. The van der Waals surface area contributed by atoms with Crippen LogP contribution in [0.25, 0.3) is 6.08 Å². The highest BCUT2D eigenvalue weighted by molar-refractivity contribution is 14.1. The molecule has 3 aromatic carbocycles. The molecule has 1 aliphatic heterocycles. The highest BCUT2D eigenvalue weighted by Crippen LogP contribution is 2.38. The van der Waals surface area contributed by atoms with Gasteiger partial charge in [-0.3, -0.25) is 14.9 Å². The summed E-state index contributed by atoms with van der Waals surface area (Å²) in [4.78, 5) is 27.3. The molecule has 1 saturated heterocycles. The van der Waals surface area contributed by atoms with Crippen molar-refractivity contribution in [1.82, 2.24) is 5.32 Å². The fraction of sp³-hybridized carbons (Fsp3) is 0.0833. The number of nitro benzene ring substituents is 1. The van der Waals surface area contributed by atoms with E-state index in [1.807, 2.05) is 22.6 Å². The predicted octanol–water partition coefficient (Wildman–Crippen LogP) is 4.88. The number of rotatable bonds is 8. The van der Waals surface area contributed by atoms with Gasteiger partial charge in [0.2, 0.25) is 0 Å². The lowest BCUT2D eigenvalue weighted by Crippen LogP contribution is -2.19. The van der Waals surface area contributed by atoms with Gasteiger partial charge in [0.05, 0.1) is 33.3 Å². The van der Waals surface area contributed by atoms with Crippen LogP contribution in [0.3, 0.4) is 0 Å². The summed E-state index contributed by atoms with van der Waals surface area (Å²) in [7, 11) is -1.39. The monoisotopic (exact) mass is 667 g/mol. The van der Waals surface area contributed by atoms with Gasteiger partial charge in [-0.05, 0) is 94.5 Å². The summed E-state index contributed by atoms with van der Waals surface area (Å²) in [5.41, 5.74) is 0.955. The molecule has 0 spiro atoms. The molecule has 1 amide bonds. The van der Waals surface area contributed by atoms with Crippen LogP contribution in [0.1, 0.15) is 5.56 Å². The molecule has 3 aromatic rings. The maximum atomic E-state index is 12.8. The van der Waals surface area contributed by atoms with Crippen LogP contribution in [-0.2, 0) is 14.9 Å². The Bertz CT molecular complexity index is 1570. The minimum Gasteiger partial charge on any atom is -0.497 e. The number of carbonyl (C=O) groups is 1. The lowest BCUT2D eigenvalue weighted by atomic mass is 10.2. The minimum atomic E-state index is -4.31. The van der Waals surface area contributed by atoms with Gasteiger partial charge in [0.1, 0.15) is 10.6 Å². The van der Waals surface area contributed by atoms with E-state index in [-0.39, 0.29) is 28.0 Å². The zero-order valence-electron chi connectivity index (χ0n) is 19.7. The molecule has 14 heteroatoms. The molecule has 196 valence electrons. The number of amidine groups is 1. The standard InChI is InChI=1S/C24H18IN3O8S2/c1-34-17-7-3-15(4-8-17)26-24-27-23(29)21(37-24)13-14-11-19(25)22(20(12-14)35-2)36-38(32,33)18-9-5-16(6-10-18)28(30)31/h3-13H,1-2H3,(H,26,27,29)/b21-13-. The van der Waals surface area contributed by atoms with Gasteiger partial charge < -0.3 is 19.0 Å². The fourth-order valence-corrected chi connectivity index (χ4v) is 5.89. The number of hydrogen-bond acceptors (Lipinski definition) is 10. The average Bonchev–Trinajstić information content (AvgIpc) is 3.23. The van der Waals surface area contributed by atoms with Gasteiger partial charge in [-0.15, -0.1) is 0 Å². The van der Waals surface area contributed by atoms with E-state index < -0.39 is 15.0 Å². The SMILES string of the molecule is COc1ccc(N=C2NC(=O)/C(=C/c3cc(I)c(OS(=O)(=O)c4ccc([N+](=O)[O-])cc4)c(OC)c3)S2)cc1. The number of non-ortho nitro benzene ring substituents is 1. The van der Waals surface area contributed by atoms with E-state index in [4.69, 9.17) is 13.7 Å². The van der Waals surface area contributed by atoms with Crippen molar-refractivity contribution in [2.45, 2.75) is 4.90 Å². The number of methoxy groups -OCH3 is 2. The average molecular weight is 667 g/mol. The third kappa shape index (κ3) is 6.25. The van der Waals surface area contributed by atoms with E-state index in [1.165, 1.54) is 13.2 Å². The van der Waals surface area contributed by atoms with Gasteiger partial charge in [0, 0.05) is 12.1 Å². The van der Waals surface area contributed by atoms with Crippen molar-refractivity contribution >= 4 is 73.0 Å². The van der Waals surface area contributed by atoms with Crippen LogP contribution in [0, 0.1) is 13.7 Å². The lowest BCUT2D eigenvalue weighted by molar-refractivity contribution is -0.384. The number of hydrogen-bond donors (Lipinski definition) is 1. The highest BCUT2D eigenvalue weighted by Gasteiger charge is 2.26. The van der Waals surface area contributed by atoms with Crippen LogP contribution < -0.4 is 19.0 Å². The number of nitrogens with zero attached hydrogens (tertiary/aromatic N) is 2. The van der Waals surface area contributed by atoms with Crippen LogP contribution in [0.2, 0.25) is 0 Å². The smallest absolute Gasteiger partial charge is 0.339 e. The first-order valence-electron chi connectivity index (χ1n) is 10.6. The quantitative estimate of drug-likeness (QED) is 0.117. The fourth-order valence-electron chi connectivity index (χ4n) is 3.20. The molecule has 0 saturated carbocycles. The number of amides is 1. The first kappa shape index (κ1) is 27.4. The van der Waals surface area contributed by atoms with E-state index in [9.17, 15) is 23.3 Å². The first-order chi connectivity index (χ1) is 18.1. The Labute approximate surface area is 235 Å². The number of carbonyl (C=O) groups excluding carboxylic acids is 1. The number of halogens is 1. The molecule has 1 aliphatic rings. The largest absolute Gasteiger partial charge is 0.497 e. The molecule has 0 radical (unpaired) electrons. The molecule has 1 heterocycles. The van der Waals surface area contributed by atoms with Crippen molar-refractivity contribution < 1.29 is 31.8 Å². The van der Waals surface area contributed by atoms with E-state index in [0.717, 1.165) is 36.0 Å². The zero-order chi connectivity index (χ0) is 27.4. The van der Waals surface area contributed by atoms with Crippen LogP contribution in [0.5, 0.6) is 17.2 Å². The Balaban J connectivity index is 1.57. The van der Waals surface area contributed by atoms with Crippen molar-refractivity contribution in [2.24, 2.45) is 4.99 Å². The number of nitro groups is 1. The summed E-state index contributed by atoms with van der Waals surface area (Å²) in [5, 5.41) is 14.0. The van der Waals surface area contributed by atoms with Crippen molar-refractivity contribution in [1.29, 1.82) is 0 Å². The summed E-state index contributed by atoms with van der Waals surface area (Å²) in [6.45, 7) is 0. The molecule has 0 unspecified atom stereocenters. The van der Waals surface area contributed by atoms with Crippen molar-refractivity contribution in [3.63, 3.8) is 0 Å². The molecular formula is C24H18IN3O8S2. The summed E-state index contributed by atoms with van der Waals surface area (Å²) in [6, 6.07) is 14.5. The van der Waals surface area contributed by atoms with Crippen molar-refractivity contribution in [3.8, 4) is 17.2 Å². The number of nitrogens with one attached hydrogen (secondary N) is 1. The summed E-state index contributed by atoms with van der Waals surface area (Å²) in [5.74, 6) is 0.412. The second-order valence-electron chi connectivity index (χ2n) is 7.50. The van der Waals surface area contributed by atoms with E-state index in [0.29, 0.717) is 30.6 Å². The van der Waals surface area contributed by atoms with Gasteiger partial charge in [-0.25, -0.2) is 4.99 Å². The van der Waals surface area contributed by atoms with E-state index in [1.54, 1.807) is 43.5 Å². The van der Waals surface area contributed by atoms with Crippen LogP contribution in [0.4, 0.5) is 11.4 Å². The number of benzene rings is 3. The lowest BCUT2D eigenvalue weighted by Gasteiger charge is -2.13. The third-order valence-electron chi connectivity index (χ3n) is 5.03. The topological polar surface area (TPSA) is 146 Å². The summed E-state index contributed by atoms with van der Waals surface area (Å²) in [6.07, 6.45) is 1.62. The molecular weight excluding hydrogens is 649 g/mol. The molecule has 4 rings (SSSR count). The minimum absolute atomic E-state index is 0.0566. The maximum Gasteiger partial charge on any atom is 0.339 e. The normalized spacial score (nSPS) is 15.4. The molecule has 38 heavy (non-hydrogen) atoms. The second-order valence-corrected chi connectivity index (χ2v) is 11.2. The third-order valence-corrected chi connectivity index (χ3v) is 7.98. The Kier molecular flexibility index (Phi) is 8.23. The Hall–Kier alpha value is -3.63. The summed E-state index contributed by atoms with van der Waals surface area (Å²) >= 11 is 3.05. The van der Waals surface area contributed by atoms with Crippen LogP contribution in [-0.4, -0.2) is 38.6 Å². The van der Waals surface area contributed by atoms with Crippen LogP contribution >= 0.6 is 34.4 Å². The van der Waals surface area contributed by atoms with Crippen molar-refractivity contribution in [2.75, 3.05) is 14.2 Å². The van der Waals surface area contributed by atoms with Gasteiger partial charge >= 0.3 is 10.1 Å². The van der Waals surface area contributed by atoms with E-state index in [2.05, 4.69) is 10.3 Å². The van der Waals surface area contributed by atoms with Gasteiger partial charge in [-0.1, -0.05) is 0 Å². The Morgan fingerprint density at radius 2 is 1.74 bits per heavy atom. The van der Waals surface area contributed by atoms with E-state index >= 15 is 0 Å². The number of ether oxygens (including phenoxy) is 2. The number of thioether (sulfide) groups is 1. The highest BCUT2D eigenvalue weighted by atomic mass is 127. The van der Waals surface area contributed by atoms with Crippen molar-refractivity contribution in [3.05, 3.63) is 84.8 Å². The molecule has 11 nitrogen and oxygen atoms in total. The molecule has 0 bridgehead atoms. The Morgan fingerprint density at radius 1 is 1.05 bits per heavy atom. The summed E-state index contributed by atoms with van der Waals surface area (Å²) < 4.78 is 41.8. The molecule has 0 aromatic heterocycles. The van der Waals surface area contributed by atoms with Gasteiger partial charge in [-0.2, -0.15) is 8.42 Å². The second kappa shape index (κ2) is 11.4. The molecule has 1 fully saturated rings.